The molecule has 0 amide bonds. The number of aromatic nitrogens is 2. The largest absolute Gasteiger partial charge is 0.496 e. The lowest BCUT2D eigenvalue weighted by molar-refractivity contribution is 0.349. The van der Waals surface area contributed by atoms with Crippen LogP contribution in [0.4, 0.5) is 5.82 Å². The number of H-pyrrole nitrogens is 1. The summed E-state index contributed by atoms with van der Waals surface area (Å²) in [5, 5.41) is 9.60. The molecular formula is C19H18N4O3. The number of pyridine rings is 1. The molecule has 2 heterocycles. The minimum Gasteiger partial charge on any atom is -0.496 e. The fourth-order valence-corrected chi connectivity index (χ4v) is 2.76. The van der Waals surface area contributed by atoms with E-state index in [4.69, 9.17) is 19.9 Å². The molecule has 7 nitrogen and oxygen atoms in total. The van der Waals surface area contributed by atoms with Crippen molar-refractivity contribution in [1.29, 1.82) is 5.26 Å². The number of nitrogens with zero attached hydrogens (tertiary/aromatic N) is 2. The van der Waals surface area contributed by atoms with E-state index in [-0.39, 0.29) is 11.4 Å². The van der Waals surface area contributed by atoms with Crippen LogP contribution in [0.1, 0.15) is 5.56 Å². The smallest absolute Gasteiger partial charge is 0.164 e. The van der Waals surface area contributed by atoms with Gasteiger partial charge in [-0.15, -0.1) is 0 Å². The van der Waals surface area contributed by atoms with Gasteiger partial charge < -0.3 is 24.9 Å². The van der Waals surface area contributed by atoms with Gasteiger partial charge in [-0.25, -0.2) is 4.98 Å². The molecule has 0 aliphatic heterocycles. The average Bonchev–Trinajstić information content (AvgIpc) is 3.21. The van der Waals surface area contributed by atoms with Crippen LogP contribution in [0.5, 0.6) is 17.2 Å². The van der Waals surface area contributed by atoms with Gasteiger partial charge in [-0.05, 0) is 24.3 Å². The minimum absolute atomic E-state index is 0.145. The Labute approximate surface area is 151 Å². The molecule has 3 aromatic rings. The molecule has 0 saturated carbocycles. The fraction of sp³-hybridized carbons (Fsp3) is 0.158. The Kier molecular flexibility index (Phi) is 4.67. The van der Waals surface area contributed by atoms with E-state index in [9.17, 15) is 5.26 Å². The molecule has 0 aliphatic rings. The first-order chi connectivity index (χ1) is 12.6. The van der Waals surface area contributed by atoms with Gasteiger partial charge >= 0.3 is 0 Å². The number of ether oxygens (including phenoxy) is 3. The summed E-state index contributed by atoms with van der Waals surface area (Å²) in [5.74, 6) is 1.72. The van der Waals surface area contributed by atoms with Crippen LogP contribution in [0.15, 0.2) is 36.5 Å². The Bertz CT molecular complexity index is 975. The monoisotopic (exact) mass is 350 g/mol. The number of benzene rings is 1. The molecule has 132 valence electrons. The Balaban J connectivity index is 2.31. The Morgan fingerprint density at radius 1 is 1.00 bits per heavy atom. The third-order valence-electron chi connectivity index (χ3n) is 4.03. The normalized spacial score (nSPS) is 10.2. The summed E-state index contributed by atoms with van der Waals surface area (Å²) < 4.78 is 16.2. The Hall–Kier alpha value is -3.66. The zero-order valence-corrected chi connectivity index (χ0v) is 14.7. The molecular weight excluding hydrogens is 332 g/mol. The van der Waals surface area contributed by atoms with Gasteiger partial charge in [-0.2, -0.15) is 5.26 Å². The molecule has 0 atom stereocenters. The molecule has 0 unspecified atom stereocenters. The van der Waals surface area contributed by atoms with Crippen LogP contribution in [0.2, 0.25) is 0 Å². The van der Waals surface area contributed by atoms with Gasteiger partial charge in [-0.1, -0.05) is 0 Å². The molecule has 1 aromatic carbocycles. The predicted octanol–water partition coefficient (Wildman–Crippen LogP) is 3.22. The van der Waals surface area contributed by atoms with Crippen molar-refractivity contribution in [3.63, 3.8) is 0 Å². The molecule has 0 saturated heterocycles. The number of aromatic amines is 1. The Morgan fingerprint density at radius 2 is 1.69 bits per heavy atom. The van der Waals surface area contributed by atoms with E-state index in [1.165, 1.54) is 0 Å². The number of nitrogens with one attached hydrogen (secondary N) is 1. The van der Waals surface area contributed by atoms with E-state index in [1.54, 1.807) is 45.7 Å². The van der Waals surface area contributed by atoms with Crippen molar-refractivity contribution < 1.29 is 14.2 Å². The van der Waals surface area contributed by atoms with Crippen molar-refractivity contribution in [2.24, 2.45) is 0 Å². The predicted molar refractivity (Wildman–Crippen MR) is 98.2 cm³/mol. The molecule has 0 bridgehead atoms. The molecule has 3 N–H and O–H groups in total. The molecule has 0 radical (unpaired) electrons. The molecule has 2 aromatic heterocycles. The highest BCUT2D eigenvalue weighted by Crippen LogP contribution is 2.42. The number of rotatable bonds is 5. The van der Waals surface area contributed by atoms with Gasteiger partial charge in [-0.3, -0.25) is 0 Å². The van der Waals surface area contributed by atoms with E-state index < -0.39 is 0 Å². The SMILES string of the molecule is COc1cc(OC)c(-c2cc(-c3ccc[nH]3)nc(N)c2C#N)cc1OC. The first kappa shape index (κ1) is 17.2. The van der Waals surface area contributed by atoms with Crippen LogP contribution in [0, 0.1) is 11.3 Å². The first-order valence-corrected chi connectivity index (χ1v) is 7.77. The van der Waals surface area contributed by atoms with Gasteiger partial charge in [0, 0.05) is 23.4 Å². The van der Waals surface area contributed by atoms with Crippen LogP contribution >= 0.6 is 0 Å². The van der Waals surface area contributed by atoms with Gasteiger partial charge in [0.25, 0.3) is 0 Å². The number of nitriles is 1. The molecule has 0 fully saturated rings. The lowest BCUT2D eigenvalue weighted by atomic mass is 9.98. The molecule has 7 heteroatoms. The van der Waals surface area contributed by atoms with Crippen LogP contribution in [0.25, 0.3) is 22.5 Å². The summed E-state index contributed by atoms with van der Waals surface area (Å²) in [6, 6.07) is 11.1. The van der Waals surface area contributed by atoms with Gasteiger partial charge in [0.15, 0.2) is 11.5 Å². The summed E-state index contributed by atoms with van der Waals surface area (Å²) in [4.78, 5) is 7.42. The van der Waals surface area contributed by atoms with Crippen molar-refractivity contribution >= 4 is 5.82 Å². The second kappa shape index (κ2) is 7.07. The van der Waals surface area contributed by atoms with E-state index in [1.807, 2.05) is 12.1 Å². The average molecular weight is 350 g/mol. The van der Waals surface area contributed by atoms with Crippen molar-refractivity contribution in [1.82, 2.24) is 9.97 Å². The quantitative estimate of drug-likeness (QED) is 0.732. The van der Waals surface area contributed by atoms with E-state index in [2.05, 4.69) is 16.0 Å². The van der Waals surface area contributed by atoms with Crippen LogP contribution in [0.3, 0.4) is 0 Å². The summed E-state index contributed by atoms with van der Waals surface area (Å²) in [5.41, 5.74) is 8.99. The van der Waals surface area contributed by atoms with Gasteiger partial charge in [0.2, 0.25) is 0 Å². The third kappa shape index (κ3) is 2.89. The maximum Gasteiger partial charge on any atom is 0.164 e. The third-order valence-corrected chi connectivity index (χ3v) is 4.03. The van der Waals surface area contributed by atoms with Crippen LogP contribution < -0.4 is 19.9 Å². The lowest BCUT2D eigenvalue weighted by Crippen LogP contribution is -2.01. The second-order valence-corrected chi connectivity index (χ2v) is 5.42. The first-order valence-electron chi connectivity index (χ1n) is 7.77. The van der Waals surface area contributed by atoms with Crippen molar-refractivity contribution in [3.8, 4) is 45.8 Å². The highest BCUT2D eigenvalue weighted by atomic mass is 16.5. The van der Waals surface area contributed by atoms with E-state index in [0.717, 1.165) is 5.69 Å². The van der Waals surface area contributed by atoms with Crippen LogP contribution in [-0.2, 0) is 0 Å². The lowest BCUT2D eigenvalue weighted by Gasteiger charge is -2.16. The molecule has 0 aliphatic carbocycles. The minimum atomic E-state index is 0.145. The number of methoxy groups -OCH3 is 3. The van der Waals surface area contributed by atoms with Crippen LogP contribution in [-0.4, -0.2) is 31.3 Å². The van der Waals surface area contributed by atoms with Crippen molar-refractivity contribution in [2.75, 3.05) is 27.1 Å². The maximum atomic E-state index is 9.60. The fourth-order valence-electron chi connectivity index (χ4n) is 2.76. The highest BCUT2D eigenvalue weighted by molar-refractivity contribution is 5.84. The number of hydrogen-bond acceptors (Lipinski definition) is 6. The highest BCUT2D eigenvalue weighted by Gasteiger charge is 2.19. The standard InChI is InChI=1S/C19H18N4O3/c1-24-16-9-18(26-3)17(25-2)8-12(16)11-7-15(14-5-4-6-22-14)23-19(21)13(11)10-20/h4-9,22H,1-3H3,(H2,21,23). The summed E-state index contributed by atoms with van der Waals surface area (Å²) in [7, 11) is 4.64. The Morgan fingerprint density at radius 3 is 2.27 bits per heavy atom. The van der Waals surface area contributed by atoms with Gasteiger partial charge in [0.1, 0.15) is 23.2 Å². The summed E-state index contributed by atoms with van der Waals surface area (Å²) >= 11 is 0. The summed E-state index contributed by atoms with van der Waals surface area (Å²) in [6.07, 6.45) is 1.79. The zero-order valence-electron chi connectivity index (χ0n) is 14.7. The number of nitrogen functional groups attached to an aromatic ring is 1. The van der Waals surface area contributed by atoms with E-state index >= 15 is 0 Å². The van der Waals surface area contributed by atoms with Crippen molar-refractivity contribution in [3.05, 3.63) is 42.1 Å². The summed E-state index contributed by atoms with van der Waals surface area (Å²) in [6.45, 7) is 0. The van der Waals surface area contributed by atoms with Gasteiger partial charge in [0.05, 0.1) is 32.7 Å². The molecule has 3 rings (SSSR count). The number of nitrogens with two attached hydrogens (primary N) is 1. The second-order valence-electron chi connectivity index (χ2n) is 5.42. The van der Waals surface area contributed by atoms with E-state index in [0.29, 0.717) is 34.1 Å². The molecule has 0 spiro atoms. The zero-order chi connectivity index (χ0) is 18.7. The maximum absolute atomic E-state index is 9.60. The van der Waals surface area contributed by atoms with Crippen molar-refractivity contribution in [2.45, 2.75) is 0 Å². The number of hydrogen-bond donors (Lipinski definition) is 2. The topological polar surface area (TPSA) is 106 Å². The number of anilines is 1. The molecule has 26 heavy (non-hydrogen) atoms.